The van der Waals surface area contributed by atoms with Crippen molar-refractivity contribution in [2.75, 3.05) is 18.6 Å². The molecule has 0 spiro atoms. The van der Waals surface area contributed by atoms with Crippen LogP contribution >= 0.6 is 22.9 Å². The number of aromatic nitrogens is 1. The number of halogens is 1. The molecule has 0 N–H and O–H groups in total. The zero-order chi connectivity index (χ0) is 22.0. The zero-order valence-corrected chi connectivity index (χ0v) is 19.8. The molecular weight excluding hydrogens is 424 g/mol. The molecule has 3 aromatic rings. The van der Waals surface area contributed by atoms with Crippen LogP contribution in [0.2, 0.25) is 5.02 Å². The van der Waals surface area contributed by atoms with Crippen molar-refractivity contribution in [3.63, 3.8) is 0 Å². The van der Waals surface area contributed by atoms with Crippen molar-refractivity contribution in [3.8, 4) is 29.4 Å². The van der Waals surface area contributed by atoms with Crippen LogP contribution in [0.15, 0.2) is 42.5 Å². The molecule has 1 aliphatic carbocycles. The molecule has 0 amide bonds. The van der Waals surface area contributed by atoms with E-state index in [4.69, 9.17) is 27.7 Å². The number of ether oxygens (including phenoxy) is 1. The van der Waals surface area contributed by atoms with E-state index in [1.807, 2.05) is 13.0 Å². The molecule has 1 saturated carbocycles. The number of nitrogens with zero attached hydrogens (tertiary/aromatic N) is 2. The summed E-state index contributed by atoms with van der Waals surface area (Å²) in [5, 5.41) is 1.59. The first-order valence-corrected chi connectivity index (χ1v) is 11.8. The molecule has 1 heterocycles. The number of hydrogen-bond acceptors (Lipinski definition) is 4. The number of hydrogen-bond donors (Lipinski definition) is 0. The predicted octanol–water partition coefficient (Wildman–Crippen LogP) is 7.07. The van der Waals surface area contributed by atoms with E-state index in [2.05, 4.69) is 54.1 Å². The SMILES string of the molecule is C#CCN(c1nc(-c2cc(C)c(OC)cc2Cl)c(C)s1)C(CC1CC1)c1ccccc1. The maximum absolute atomic E-state index is 6.61. The van der Waals surface area contributed by atoms with Gasteiger partial charge in [0, 0.05) is 10.4 Å². The number of anilines is 1. The first-order chi connectivity index (χ1) is 15.0. The van der Waals surface area contributed by atoms with Gasteiger partial charge in [-0.25, -0.2) is 4.98 Å². The molecule has 4 rings (SSSR count). The van der Waals surface area contributed by atoms with Crippen LogP contribution in [0.3, 0.4) is 0 Å². The van der Waals surface area contributed by atoms with E-state index in [1.165, 1.54) is 18.4 Å². The topological polar surface area (TPSA) is 25.4 Å². The lowest BCUT2D eigenvalue weighted by molar-refractivity contribution is 0.412. The van der Waals surface area contributed by atoms with Gasteiger partial charge >= 0.3 is 0 Å². The van der Waals surface area contributed by atoms with Crippen molar-refractivity contribution in [3.05, 3.63) is 63.5 Å². The summed E-state index contributed by atoms with van der Waals surface area (Å²) in [5.41, 5.74) is 4.17. The van der Waals surface area contributed by atoms with Crippen molar-refractivity contribution < 1.29 is 4.74 Å². The normalized spacial score (nSPS) is 14.2. The summed E-state index contributed by atoms with van der Waals surface area (Å²) in [7, 11) is 1.66. The number of rotatable bonds is 8. The van der Waals surface area contributed by atoms with Gasteiger partial charge in [-0.1, -0.05) is 60.7 Å². The van der Waals surface area contributed by atoms with Gasteiger partial charge in [0.15, 0.2) is 5.13 Å². The molecule has 2 aromatic carbocycles. The largest absolute Gasteiger partial charge is 0.496 e. The highest BCUT2D eigenvalue weighted by molar-refractivity contribution is 7.16. The minimum Gasteiger partial charge on any atom is -0.496 e. The van der Waals surface area contributed by atoms with Gasteiger partial charge in [-0.15, -0.1) is 17.8 Å². The highest BCUT2D eigenvalue weighted by atomic mass is 35.5. The lowest BCUT2D eigenvalue weighted by Gasteiger charge is -2.30. The third kappa shape index (κ3) is 4.74. The molecule has 5 heteroatoms. The molecule has 0 radical (unpaired) electrons. The quantitative estimate of drug-likeness (QED) is 0.343. The van der Waals surface area contributed by atoms with E-state index in [0.717, 1.165) is 44.9 Å². The summed E-state index contributed by atoms with van der Waals surface area (Å²) in [6.45, 7) is 4.64. The van der Waals surface area contributed by atoms with Crippen molar-refractivity contribution >= 4 is 28.1 Å². The summed E-state index contributed by atoms with van der Waals surface area (Å²) in [4.78, 5) is 8.47. The van der Waals surface area contributed by atoms with Gasteiger partial charge in [0.25, 0.3) is 0 Å². The number of benzene rings is 2. The Morgan fingerprint density at radius 1 is 1.26 bits per heavy atom. The molecule has 0 aliphatic heterocycles. The molecule has 1 atom stereocenters. The van der Waals surface area contributed by atoms with Crippen LogP contribution in [-0.4, -0.2) is 18.6 Å². The molecule has 0 saturated heterocycles. The fourth-order valence-corrected chi connectivity index (χ4v) is 5.23. The Labute approximate surface area is 194 Å². The van der Waals surface area contributed by atoms with Gasteiger partial charge in [0.1, 0.15) is 5.75 Å². The molecule has 1 fully saturated rings. The standard InChI is InChI=1S/C26H27ClN2OS/c1-5-13-29(23(15-19-11-12-19)20-9-7-6-8-10-20)26-28-25(18(3)31-26)21-14-17(2)24(30-4)16-22(21)27/h1,6-10,14,16,19,23H,11-13,15H2,2-4H3. The fourth-order valence-electron chi connectivity index (χ4n) is 4.02. The number of thiazole rings is 1. The lowest BCUT2D eigenvalue weighted by Crippen LogP contribution is -2.29. The number of aryl methyl sites for hydroxylation is 2. The van der Waals surface area contributed by atoms with Crippen molar-refractivity contribution in [2.45, 2.75) is 39.2 Å². The predicted molar refractivity (Wildman–Crippen MR) is 131 cm³/mol. The van der Waals surface area contributed by atoms with E-state index < -0.39 is 0 Å². The summed E-state index contributed by atoms with van der Waals surface area (Å²) in [6, 6.07) is 14.8. The molecule has 0 bridgehead atoms. The van der Waals surface area contributed by atoms with Crippen LogP contribution in [0.25, 0.3) is 11.3 Å². The average molecular weight is 451 g/mol. The van der Waals surface area contributed by atoms with Gasteiger partial charge in [-0.2, -0.15) is 0 Å². The summed E-state index contributed by atoms with van der Waals surface area (Å²) in [5.74, 6) is 4.41. The van der Waals surface area contributed by atoms with E-state index in [1.54, 1.807) is 18.4 Å². The smallest absolute Gasteiger partial charge is 0.187 e. The lowest BCUT2D eigenvalue weighted by atomic mass is 9.99. The summed E-state index contributed by atoms with van der Waals surface area (Å²) < 4.78 is 5.41. The van der Waals surface area contributed by atoms with E-state index >= 15 is 0 Å². The van der Waals surface area contributed by atoms with Gasteiger partial charge in [-0.3, -0.25) is 0 Å². The van der Waals surface area contributed by atoms with Crippen molar-refractivity contribution in [2.24, 2.45) is 5.92 Å². The second-order valence-electron chi connectivity index (χ2n) is 8.14. The Bertz CT molecular complexity index is 1100. The number of methoxy groups -OCH3 is 1. The maximum Gasteiger partial charge on any atom is 0.187 e. The maximum atomic E-state index is 6.61. The Morgan fingerprint density at radius 2 is 2.00 bits per heavy atom. The second-order valence-corrected chi connectivity index (χ2v) is 9.73. The van der Waals surface area contributed by atoms with E-state index in [9.17, 15) is 0 Å². The van der Waals surface area contributed by atoms with Crippen LogP contribution in [0.5, 0.6) is 5.75 Å². The Hall–Kier alpha value is -2.48. The first-order valence-electron chi connectivity index (χ1n) is 10.6. The van der Waals surface area contributed by atoms with Crippen molar-refractivity contribution in [1.29, 1.82) is 0 Å². The van der Waals surface area contributed by atoms with Crippen LogP contribution in [0.1, 0.15) is 41.3 Å². The highest BCUT2D eigenvalue weighted by Crippen LogP contribution is 2.44. The van der Waals surface area contributed by atoms with Crippen molar-refractivity contribution in [1.82, 2.24) is 4.98 Å². The third-order valence-electron chi connectivity index (χ3n) is 5.85. The van der Waals surface area contributed by atoms with Gasteiger partial charge in [0.05, 0.1) is 30.4 Å². The Kier molecular flexibility index (Phi) is 6.55. The summed E-state index contributed by atoms with van der Waals surface area (Å²) in [6.07, 6.45) is 9.51. The number of terminal acetylenes is 1. The van der Waals surface area contributed by atoms with Crippen LogP contribution in [-0.2, 0) is 0 Å². The van der Waals surface area contributed by atoms with Crippen LogP contribution in [0.4, 0.5) is 5.13 Å². The van der Waals surface area contributed by atoms with Gasteiger partial charge in [0.2, 0.25) is 0 Å². The third-order valence-corrected chi connectivity index (χ3v) is 7.17. The zero-order valence-electron chi connectivity index (χ0n) is 18.2. The summed E-state index contributed by atoms with van der Waals surface area (Å²) >= 11 is 8.29. The van der Waals surface area contributed by atoms with Crippen LogP contribution < -0.4 is 9.64 Å². The molecule has 3 nitrogen and oxygen atoms in total. The molecule has 31 heavy (non-hydrogen) atoms. The second kappa shape index (κ2) is 9.34. The Balaban J connectivity index is 1.75. The van der Waals surface area contributed by atoms with E-state index in [-0.39, 0.29) is 6.04 Å². The minimum absolute atomic E-state index is 0.219. The van der Waals surface area contributed by atoms with E-state index in [0.29, 0.717) is 11.6 Å². The first kappa shape index (κ1) is 21.7. The molecule has 1 aromatic heterocycles. The molecule has 1 unspecified atom stereocenters. The average Bonchev–Trinajstić information content (AvgIpc) is 3.52. The highest BCUT2D eigenvalue weighted by Gasteiger charge is 2.31. The van der Waals surface area contributed by atoms with Gasteiger partial charge < -0.3 is 9.64 Å². The Morgan fingerprint density at radius 3 is 2.65 bits per heavy atom. The molecule has 160 valence electrons. The monoisotopic (exact) mass is 450 g/mol. The van der Waals surface area contributed by atoms with Crippen LogP contribution in [0, 0.1) is 32.1 Å². The molecular formula is C26H27ClN2OS. The fraction of sp³-hybridized carbons (Fsp3) is 0.346. The minimum atomic E-state index is 0.219. The van der Waals surface area contributed by atoms with Gasteiger partial charge in [-0.05, 0) is 49.4 Å². The molecule has 1 aliphatic rings.